The standard InChI is InChI=1S/C24H38O5/c1-2-3-4-5-6-7-8-9-10-11-12-13-14-17-20-28-29-24(27)22-19-16-15-18-21(22)23(25)26/h15-16,18-19H,2-14,17,20H2,1H3,(H,25,26). The molecule has 0 fully saturated rings. The highest BCUT2D eigenvalue weighted by Gasteiger charge is 2.17. The number of hydrogen-bond acceptors (Lipinski definition) is 4. The summed E-state index contributed by atoms with van der Waals surface area (Å²) in [6.07, 6.45) is 17.9. The molecule has 0 unspecified atom stereocenters. The van der Waals surface area contributed by atoms with Gasteiger partial charge in [0.25, 0.3) is 0 Å². The van der Waals surface area contributed by atoms with Crippen LogP contribution in [0.1, 0.15) is 118 Å². The first-order valence-electron chi connectivity index (χ1n) is 11.3. The number of aromatic carboxylic acids is 1. The van der Waals surface area contributed by atoms with Crippen molar-refractivity contribution in [2.24, 2.45) is 0 Å². The van der Waals surface area contributed by atoms with E-state index in [2.05, 4.69) is 6.92 Å². The first kappa shape index (κ1) is 25.2. The highest BCUT2D eigenvalue weighted by atomic mass is 17.2. The molecule has 0 heterocycles. The first-order valence-corrected chi connectivity index (χ1v) is 11.3. The molecule has 0 radical (unpaired) electrons. The normalized spacial score (nSPS) is 10.8. The molecule has 29 heavy (non-hydrogen) atoms. The van der Waals surface area contributed by atoms with Crippen LogP contribution in [0, 0.1) is 0 Å². The number of unbranched alkanes of at least 4 members (excludes halogenated alkanes) is 13. The molecular formula is C24H38O5. The van der Waals surface area contributed by atoms with Crippen molar-refractivity contribution in [3.05, 3.63) is 35.4 Å². The van der Waals surface area contributed by atoms with E-state index in [9.17, 15) is 9.59 Å². The highest BCUT2D eigenvalue weighted by molar-refractivity contribution is 6.02. The van der Waals surface area contributed by atoms with E-state index in [0.29, 0.717) is 6.61 Å². The van der Waals surface area contributed by atoms with E-state index in [1.54, 1.807) is 12.1 Å². The maximum Gasteiger partial charge on any atom is 0.373 e. The molecular weight excluding hydrogens is 368 g/mol. The topological polar surface area (TPSA) is 72.8 Å². The largest absolute Gasteiger partial charge is 0.478 e. The molecule has 5 nitrogen and oxygen atoms in total. The number of carbonyl (C=O) groups excluding carboxylic acids is 1. The molecule has 0 aromatic heterocycles. The van der Waals surface area contributed by atoms with Gasteiger partial charge in [0.2, 0.25) is 0 Å². The third-order valence-electron chi connectivity index (χ3n) is 5.09. The second kappa shape index (κ2) is 17.0. The minimum absolute atomic E-state index is 0.000888. The quantitative estimate of drug-likeness (QED) is 0.162. The van der Waals surface area contributed by atoms with Gasteiger partial charge in [0, 0.05) is 0 Å². The summed E-state index contributed by atoms with van der Waals surface area (Å²) >= 11 is 0. The van der Waals surface area contributed by atoms with Gasteiger partial charge in [-0.2, -0.15) is 4.89 Å². The predicted octanol–water partition coefficient (Wildman–Crippen LogP) is 6.95. The zero-order valence-electron chi connectivity index (χ0n) is 18.0. The van der Waals surface area contributed by atoms with Crippen LogP contribution in [0.2, 0.25) is 0 Å². The van der Waals surface area contributed by atoms with Crippen molar-refractivity contribution in [3.63, 3.8) is 0 Å². The first-order chi connectivity index (χ1) is 14.2. The summed E-state index contributed by atoms with van der Waals surface area (Å²) in [7, 11) is 0. The lowest BCUT2D eigenvalue weighted by Crippen LogP contribution is -2.12. The second-order valence-electron chi connectivity index (χ2n) is 7.64. The van der Waals surface area contributed by atoms with Crippen LogP contribution in [0.5, 0.6) is 0 Å². The van der Waals surface area contributed by atoms with Gasteiger partial charge in [0.05, 0.1) is 17.7 Å². The van der Waals surface area contributed by atoms with Gasteiger partial charge in [0.1, 0.15) is 0 Å². The number of benzene rings is 1. The van der Waals surface area contributed by atoms with Gasteiger partial charge in [-0.25, -0.2) is 9.59 Å². The second-order valence-corrected chi connectivity index (χ2v) is 7.64. The average Bonchev–Trinajstić information content (AvgIpc) is 2.73. The molecule has 0 aliphatic carbocycles. The Bertz CT molecular complexity index is 570. The lowest BCUT2D eigenvalue weighted by Gasteiger charge is -2.06. The van der Waals surface area contributed by atoms with E-state index in [4.69, 9.17) is 14.9 Å². The van der Waals surface area contributed by atoms with Crippen LogP contribution in [0.3, 0.4) is 0 Å². The van der Waals surface area contributed by atoms with Crippen molar-refractivity contribution in [3.8, 4) is 0 Å². The molecule has 1 rings (SSSR count). The fourth-order valence-corrected chi connectivity index (χ4v) is 3.34. The molecule has 0 saturated heterocycles. The molecule has 0 atom stereocenters. The number of hydrogen-bond donors (Lipinski definition) is 1. The molecule has 0 aliphatic rings. The number of carbonyl (C=O) groups is 2. The van der Waals surface area contributed by atoms with Gasteiger partial charge in [-0.05, 0) is 18.6 Å². The van der Waals surface area contributed by atoms with Crippen LogP contribution in [0.25, 0.3) is 0 Å². The number of carboxylic acid groups (broad SMARTS) is 1. The van der Waals surface area contributed by atoms with Gasteiger partial charge in [-0.15, -0.1) is 0 Å². The summed E-state index contributed by atoms with van der Waals surface area (Å²) in [5.74, 6) is -1.93. The Morgan fingerprint density at radius 1 is 0.724 bits per heavy atom. The van der Waals surface area contributed by atoms with Crippen molar-refractivity contribution >= 4 is 11.9 Å². The van der Waals surface area contributed by atoms with E-state index < -0.39 is 11.9 Å². The summed E-state index contributed by atoms with van der Waals surface area (Å²) < 4.78 is 0. The minimum Gasteiger partial charge on any atom is -0.478 e. The maximum absolute atomic E-state index is 11.9. The van der Waals surface area contributed by atoms with Crippen LogP contribution < -0.4 is 0 Å². The van der Waals surface area contributed by atoms with Crippen LogP contribution >= 0.6 is 0 Å². The van der Waals surface area contributed by atoms with Crippen LogP contribution in [0.4, 0.5) is 0 Å². The summed E-state index contributed by atoms with van der Waals surface area (Å²) in [5.41, 5.74) is -0.0847. The van der Waals surface area contributed by atoms with Gasteiger partial charge < -0.3 is 5.11 Å². The van der Waals surface area contributed by atoms with Crippen molar-refractivity contribution in [2.75, 3.05) is 6.61 Å². The Hall–Kier alpha value is -1.88. The van der Waals surface area contributed by atoms with Gasteiger partial charge in [0.15, 0.2) is 0 Å². The third-order valence-corrected chi connectivity index (χ3v) is 5.09. The van der Waals surface area contributed by atoms with Crippen molar-refractivity contribution in [2.45, 2.75) is 96.8 Å². The molecule has 1 aromatic rings. The Kier molecular flexibility index (Phi) is 14.8. The van der Waals surface area contributed by atoms with E-state index in [1.165, 1.54) is 82.8 Å². The molecule has 0 amide bonds. The smallest absolute Gasteiger partial charge is 0.373 e. The fourth-order valence-electron chi connectivity index (χ4n) is 3.34. The SMILES string of the molecule is CCCCCCCCCCCCCCCCOOC(=O)c1ccccc1C(=O)O. The minimum atomic E-state index is -1.16. The van der Waals surface area contributed by atoms with E-state index in [-0.39, 0.29) is 11.1 Å². The molecule has 0 bridgehead atoms. The summed E-state index contributed by atoms with van der Waals surface area (Å²) in [6, 6.07) is 5.94. The average molecular weight is 407 g/mol. The van der Waals surface area contributed by atoms with Gasteiger partial charge in [-0.3, -0.25) is 4.89 Å². The monoisotopic (exact) mass is 406 g/mol. The summed E-state index contributed by atoms with van der Waals surface area (Å²) in [4.78, 5) is 32.7. The van der Waals surface area contributed by atoms with Gasteiger partial charge in [-0.1, -0.05) is 103 Å². The lowest BCUT2D eigenvalue weighted by atomic mass is 10.0. The van der Waals surface area contributed by atoms with Gasteiger partial charge >= 0.3 is 11.9 Å². The third kappa shape index (κ3) is 12.3. The molecule has 0 aliphatic heterocycles. The van der Waals surface area contributed by atoms with Crippen LogP contribution in [-0.4, -0.2) is 23.7 Å². The molecule has 0 saturated carbocycles. The zero-order valence-corrected chi connectivity index (χ0v) is 18.0. The Morgan fingerprint density at radius 2 is 1.17 bits per heavy atom. The molecule has 1 aromatic carbocycles. The summed E-state index contributed by atoms with van der Waals surface area (Å²) in [5, 5.41) is 9.08. The van der Waals surface area contributed by atoms with E-state index in [1.807, 2.05) is 0 Å². The van der Waals surface area contributed by atoms with Crippen molar-refractivity contribution in [1.82, 2.24) is 0 Å². The fraction of sp³-hybridized carbons (Fsp3) is 0.667. The lowest BCUT2D eigenvalue weighted by molar-refractivity contribution is -0.241. The molecule has 5 heteroatoms. The number of rotatable bonds is 18. The van der Waals surface area contributed by atoms with Crippen molar-refractivity contribution < 1.29 is 24.5 Å². The summed E-state index contributed by atoms with van der Waals surface area (Å²) in [6.45, 7) is 2.59. The molecule has 0 spiro atoms. The van der Waals surface area contributed by atoms with Crippen molar-refractivity contribution in [1.29, 1.82) is 0 Å². The van der Waals surface area contributed by atoms with E-state index in [0.717, 1.165) is 19.3 Å². The van der Waals surface area contributed by atoms with Crippen LogP contribution in [-0.2, 0) is 9.78 Å². The molecule has 164 valence electrons. The number of carboxylic acids is 1. The van der Waals surface area contributed by atoms with E-state index >= 15 is 0 Å². The Balaban J connectivity index is 1.92. The maximum atomic E-state index is 11.9. The Labute approximate surface area is 175 Å². The zero-order chi connectivity index (χ0) is 21.2. The predicted molar refractivity (Wildman–Crippen MR) is 115 cm³/mol. The Morgan fingerprint density at radius 3 is 1.66 bits per heavy atom. The molecule has 1 N–H and O–H groups in total. The van der Waals surface area contributed by atoms with Crippen LogP contribution in [0.15, 0.2) is 24.3 Å². The highest BCUT2D eigenvalue weighted by Crippen LogP contribution is 2.13.